The number of Topliss-reactive ketones (excluding diaryl/α,β-unsaturated/α-hetero) is 1. The summed E-state index contributed by atoms with van der Waals surface area (Å²) in [5.41, 5.74) is 1.64. The quantitative estimate of drug-likeness (QED) is 0.500. The third kappa shape index (κ3) is 4.69. The topological polar surface area (TPSA) is 124 Å². The summed E-state index contributed by atoms with van der Waals surface area (Å²) in [6.45, 7) is 0. The first kappa shape index (κ1) is 22.4. The van der Waals surface area contributed by atoms with Crippen molar-refractivity contribution in [2.24, 2.45) is 18.9 Å². The summed E-state index contributed by atoms with van der Waals surface area (Å²) in [5, 5.41) is 10.4. The van der Waals surface area contributed by atoms with Gasteiger partial charge in [0.05, 0.1) is 23.9 Å². The fraction of sp³-hybridized carbons (Fsp3) is 0.391. The van der Waals surface area contributed by atoms with Gasteiger partial charge in [0.15, 0.2) is 23.2 Å². The number of amides is 1. The predicted molar refractivity (Wildman–Crippen MR) is 123 cm³/mol. The van der Waals surface area contributed by atoms with Crippen LogP contribution in [0.5, 0.6) is 5.75 Å². The number of aryl methyl sites for hydroxylation is 1. The first-order valence-corrected chi connectivity index (χ1v) is 10.5. The molecule has 2 aliphatic carbocycles. The van der Waals surface area contributed by atoms with Crippen LogP contribution in [0.15, 0.2) is 30.9 Å². The standard InChI is InChI=1S/C22H23N7O3.CH4/c1-29-11-25-20(28-29)14-7-8-23-21(19(14)32-2)26-16-9-17(27-22(31)13-5-6-13)24-10-15(16)18(30)12-3-4-12;/h7-13H,3-6H2,1-2H3,(H2,23,24,26,27,31);1H4. The Morgan fingerprint density at radius 3 is 2.52 bits per heavy atom. The summed E-state index contributed by atoms with van der Waals surface area (Å²) in [6.07, 6.45) is 8.28. The first-order chi connectivity index (χ1) is 15.5. The number of carbonyl (C=O) groups excluding carboxylic acids is 2. The molecule has 2 aliphatic rings. The second-order valence-corrected chi connectivity index (χ2v) is 8.12. The highest BCUT2D eigenvalue weighted by Crippen LogP contribution is 2.39. The largest absolute Gasteiger partial charge is 0.492 e. The third-order valence-electron chi connectivity index (χ3n) is 5.52. The summed E-state index contributed by atoms with van der Waals surface area (Å²) in [4.78, 5) is 38.1. The van der Waals surface area contributed by atoms with Crippen molar-refractivity contribution in [1.82, 2.24) is 24.7 Å². The fourth-order valence-electron chi connectivity index (χ4n) is 3.47. The van der Waals surface area contributed by atoms with E-state index in [-0.39, 0.29) is 31.0 Å². The molecule has 2 N–H and O–H groups in total. The SMILES string of the molecule is C.COc1c(-c2ncn(C)n2)ccnc1Nc1cc(NC(=O)C2CC2)ncc1C(=O)C1CC1. The van der Waals surface area contributed by atoms with E-state index < -0.39 is 0 Å². The molecule has 3 aromatic heterocycles. The molecule has 1 amide bonds. The van der Waals surface area contributed by atoms with Crippen LogP contribution in [0, 0.1) is 11.8 Å². The average molecular weight is 450 g/mol. The van der Waals surface area contributed by atoms with Crippen molar-refractivity contribution in [3.05, 3.63) is 36.4 Å². The highest BCUT2D eigenvalue weighted by molar-refractivity contribution is 6.05. The Labute approximate surface area is 191 Å². The van der Waals surface area contributed by atoms with Crippen molar-refractivity contribution in [3.63, 3.8) is 0 Å². The summed E-state index contributed by atoms with van der Waals surface area (Å²) >= 11 is 0. The average Bonchev–Trinajstić information content (AvgIpc) is 3.71. The van der Waals surface area contributed by atoms with Crippen LogP contribution in [0.3, 0.4) is 0 Å². The molecule has 0 aromatic carbocycles. The molecule has 0 atom stereocenters. The smallest absolute Gasteiger partial charge is 0.228 e. The van der Waals surface area contributed by atoms with Gasteiger partial charge < -0.3 is 15.4 Å². The number of carbonyl (C=O) groups is 2. The lowest BCUT2D eigenvalue weighted by Gasteiger charge is -2.16. The fourth-order valence-corrected chi connectivity index (χ4v) is 3.47. The van der Waals surface area contributed by atoms with Gasteiger partial charge in [-0.1, -0.05) is 7.43 Å². The first-order valence-electron chi connectivity index (χ1n) is 10.5. The second-order valence-electron chi connectivity index (χ2n) is 8.12. The molecule has 2 saturated carbocycles. The zero-order chi connectivity index (χ0) is 22.2. The summed E-state index contributed by atoms with van der Waals surface area (Å²) < 4.78 is 7.23. The Bertz CT molecular complexity index is 1200. The molecule has 0 saturated heterocycles. The number of anilines is 3. The van der Waals surface area contributed by atoms with Gasteiger partial charge in [-0.15, -0.1) is 0 Å². The maximum atomic E-state index is 12.9. The number of hydrogen-bond donors (Lipinski definition) is 2. The second kappa shape index (κ2) is 8.97. The number of pyridine rings is 2. The third-order valence-corrected chi connectivity index (χ3v) is 5.52. The lowest BCUT2D eigenvalue weighted by atomic mass is 10.1. The number of rotatable bonds is 8. The molecule has 3 aromatic rings. The van der Waals surface area contributed by atoms with E-state index in [1.807, 2.05) is 0 Å². The highest BCUT2D eigenvalue weighted by Gasteiger charge is 2.33. The van der Waals surface area contributed by atoms with Gasteiger partial charge in [0.1, 0.15) is 12.1 Å². The molecule has 0 radical (unpaired) electrons. The van der Waals surface area contributed by atoms with Crippen LogP contribution in [-0.4, -0.2) is 43.5 Å². The van der Waals surface area contributed by atoms with E-state index in [0.29, 0.717) is 40.0 Å². The van der Waals surface area contributed by atoms with E-state index >= 15 is 0 Å². The van der Waals surface area contributed by atoms with Gasteiger partial charge in [-0.25, -0.2) is 15.0 Å². The number of nitrogens with one attached hydrogen (secondary N) is 2. The molecule has 10 nitrogen and oxygen atoms in total. The van der Waals surface area contributed by atoms with Crippen molar-refractivity contribution in [2.45, 2.75) is 33.1 Å². The van der Waals surface area contributed by atoms with Crippen molar-refractivity contribution in [2.75, 3.05) is 17.7 Å². The van der Waals surface area contributed by atoms with Crippen LogP contribution in [0.25, 0.3) is 11.4 Å². The van der Waals surface area contributed by atoms with Crippen LogP contribution in [0.4, 0.5) is 17.3 Å². The molecule has 2 fully saturated rings. The van der Waals surface area contributed by atoms with Gasteiger partial charge in [0.25, 0.3) is 0 Å². The number of ketones is 1. The van der Waals surface area contributed by atoms with Crippen molar-refractivity contribution in [1.29, 1.82) is 0 Å². The summed E-state index contributed by atoms with van der Waals surface area (Å²) in [7, 11) is 3.33. The maximum absolute atomic E-state index is 12.9. The monoisotopic (exact) mass is 449 g/mol. The van der Waals surface area contributed by atoms with Gasteiger partial charge in [-0.2, -0.15) is 5.10 Å². The predicted octanol–water partition coefficient (Wildman–Crippen LogP) is 3.60. The van der Waals surface area contributed by atoms with Crippen LogP contribution in [-0.2, 0) is 11.8 Å². The number of aromatic nitrogens is 5. The molecule has 3 heterocycles. The lowest BCUT2D eigenvalue weighted by molar-refractivity contribution is -0.117. The molecule has 0 bridgehead atoms. The Balaban J connectivity index is 0.00000259. The Hall–Kier alpha value is -3.82. The molecule has 10 heteroatoms. The number of nitrogens with zero attached hydrogens (tertiary/aromatic N) is 5. The number of hydrogen-bond acceptors (Lipinski definition) is 8. The van der Waals surface area contributed by atoms with E-state index in [9.17, 15) is 9.59 Å². The molecule has 0 spiro atoms. The molecule has 0 aliphatic heterocycles. The maximum Gasteiger partial charge on any atom is 0.228 e. The zero-order valence-electron chi connectivity index (χ0n) is 17.8. The van der Waals surface area contributed by atoms with Gasteiger partial charge in [0, 0.05) is 37.3 Å². The number of ether oxygens (including phenoxy) is 1. The number of methoxy groups -OCH3 is 1. The summed E-state index contributed by atoms with van der Waals surface area (Å²) in [5.74, 6) is 1.78. The normalized spacial score (nSPS) is 14.8. The Kier molecular flexibility index (Phi) is 6.08. The van der Waals surface area contributed by atoms with Crippen LogP contribution in [0.1, 0.15) is 43.5 Å². The minimum absolute atomic E-state index is 0. The van der Waals surface area contributed by atoms with Crippen LogP contribution < -0.4 is 15.4 Å². The van der Waals surface area contributed by atoms with Crippen molar-refractivity contribution in [3.8, 4) is 17.1 Å². The Morgan fingerprint density at radius 2 is 1.88 bits per heavy atom. The molecule has 0 unspecified atom stereocenters. The lowest BCUT2D eigenvalue weighted by Crippen LogP contribution is -2.15. The van der Waals surface area contributed by atoms with Crippen molar-refractivity contribution < 1.29 is 14.3 Å². The van der Waals surface area contributed by atoms with Crippen molar-refractivity contribution >= 4 is 29.0 Å². The van der Waals surface area contributed by atoms with Crippen LogP contribution >= 0.6 is 0 Å². The van der Waals surface area contributed by atoms with Crippen LogP contribution in [0.2, 0.25) is 0 Å². The van der Waals surface area contributed by atoms with Gasteiger partial charge in [0.2, 0.25) is 5.91 Å². The van der Waals surface area contributed by atoms with E-state index in [1.165, 1.54) is 6.20 Å². The van der Waals surface area contributed by atoms with Gasteiger partial charge >= 0.3 is 0 Å². The van der Waals surface area contributed by atoms with E-state index in [0.717, 1.165) is 25.7 Å². The molecule has 172 valence electrons. The zero-order valence-corrected chi connectivity index (χ0v) is 17.8. The van der Waals surface area contributed by atoms with Gasteiger partial charge in [-0.3, -0.25) is 14.3 Å². The van der Waals surface area contributed by atoms with E-state index in [1.54, 1.807) is 43.5 Å². The molecule has 5 rings (SSSR count). The van der Waals surface area contributed by atoms with E-state index in [4.69, 9.17) is 4.74 Å². The molecular formula is C23H27N7O3. The molecular weight excluding hydrogens is 422 g/mol. The minimum Gasteiger partial charge on any atom is -0.492 e. The Morgan fingerprint density at radius 1 is 1.12 bits per heavy atom. The highest BCUT2D eigenvalue weighted by atomic mass is 16.5. The minimum atomic E-state index is -0.0522. The molecule has 33 heavy (non-hydrogen) atoms. The van der Waals surface area contributed by atoms with E-state index in [2.05, 4.69) is 30.7 Å². The van der Waals surface area contributed by atoms with Gasteiger partial charge in [-0.05, 0) is 31.7 Å². The summed E-state index contributed by atoms with van der Waals surface area (Å²) in [6, 6.07) is 3.44.